The zero-order valence-electron chi connectivity index (χ0n) is 37.4. The topological polar surface area (TPSA) is 154 Å². The normalized spacial score (nSPS) is 21.5. The number of aryl methyl sites for hydroxylation is 2. The van der Waals surface area contributed by atoms with Crippen molar-refractivity contribution in [2.45, 2.75) is 160 Å². The first-order chi connectivity index (χ1) is 29.0. The van der Waals surface area contributed by atoms with Crippen LogP contribution in [0.15, 0.2) is 30.6 Å². The minimum Gasteiger partial charge on any atom is -0.338 e. The van der Waals surface area contributed by atoms with Gasteiger partial charge < -0.3 is 4.90 Å². The molecule has 0 spiro atoms. The number of hydrogen-bond acceptors (Lipinski definition) is 10. The maximum absolute atomic E-state index is 14.5. The molecule has 16 heteroatoms. The number of aromatic nitrogens is 2. The molecule has 2 atom stereocenters. The van der Waals surface area contributed by atoms with Gasteiger partial charge >= 0.3 is 10.4 Å². The van der Waals surface area contributed by atoms with Crippen LogP contribution in [-0.4, -0.2) is 126 Å². The number of carbonyl (C=O) groups is 1. The van der Waals surface area contributed by atoms with Crippen LogP contribution in [0.2, 0.25) is 0 Å². The maximum atomic E-state index is 14.5. The number of piperidine rings is 2. The highest BCUT2D eigenvalue weighted by molar-refractivity contribution is 7.90. The van der Waals surface area contributed by atoms with E-state index in [0.717, 1.165) is 88.0 Å². The number of nitrogens with zero attached hydrogens (tertiary/aromatic N) is 6. The van der Waals surface area contributed by atoms with E-state index in [2.05, 4.69) is 44.7 Å². The molecule has 13 nitrogen and oxygen atoms in total. The fraction of sp³-hybridized carbons (Fsp3) is 0.756. The molecule has 0 bridgehead atoms. The van der Waals surface area contributed by atoms with Crippen molar-refractivity contribution in [1.82, 2.24) is 29.0 Å². The third-order valence-electron chi connectivity index (χ3n) is 13.5. The molecule has 61 heavy (non-hydrogen) atoms. The fourth-order valence-electron chi connectivity index (χ4n) is 9.65. The van der Waals surface area contributed by atoms with Crippen LogP contribution >= 0.6 is 0 Å². The third-order valence-corrected chi connectivity index (χ3v) is 16.4. The van der Waals surface area contributed by atoms with E-state index in [1.165, 1.54) is 57.3 Å². The Balaban J connectivity index is 0.000000352. The number of sulfonamides is 1. The molecule has 4 aliphatic rings. The molecule has 2 aromatic rings. The first kappa shape index (κ1) is 49.4. The van der Waals surface area contributed by atoms with Crippen molar-refractivity contribution in [3.05, 3.63) is 58.9 Å². The highest BCUT2D eigenvalue weighted by Crippen LogP contribution is 2.41. The van der Waals surface area contributed by atoms with E-state index < -0.39 is 20.4 Å². The van der Waals surface area contributed by atoms with Gasteiger partial charge in [-0.2, -0.15) is 8.42 Å². The Labute approximate surface area is 366 Å². The highest BCUT2D eigenvalue weighted by Gasteiger charge is 2.45. The number of halogens is 1. The monoisotopic (exact) mass is 892 g/mol. The number of likely N-dealkylation sites (tertiary alicyclic amines) is 1. The zero-order chi connectivity index (χ0) is 44.2. The van der Waals surface area contributed by atoms with Gasteiger partial charge in [0, 0.05) is 63.4 Å². The summed E-state index contributed by atoms with van der Waals surface area (Å²) in [5.74, 6) is 0.0544. The van der Waals surface area contributed by atoms with Crippen LogP contribution in [0.4, 0.5) is 4.39 Å². The summed E-state index contributed by atoms with van der Waals surface area (Å²) >= 11 is 0. The molecule has 4 heterocycles. The molecular formula is C45H73FN6O7S2. The van der Waals surface area contributed by atoms with Gasteiger partial charge in [0.05, 0.1) is 28.8 Å². The average molecular weight is 893 g/mol. The number of amides is 1. The first-order valence-corrected chi connectivity index (χ1v) is 25.9. The summed E-state index contributed by atoms with van der Waals surface area (Å²) in [5.41, 5.74) is 3.05. The lowest BCUT2D eigenvalue weighted by molar-refractivity contribution is -0.0422. The average Bonchev–Trinajstić information content (AvgIpc) is 4.08. The van der Waals surface area contributed by atoms with Gasteiger partial charge in [-0.15, -0.1) is 0 Å². The van der Waals surface area contributed by atoms with Crippen molar-refractivity contribution in [2.24, 2.45) is 5.92 Å². The molecule has 1 saturated carbocycles. The molecule has 6 rings (SSSR count). The second-order valence-corrected chi connectivity index (χ2v) is 21.5. The predicted molar refractivity (Wildman–Crippen MR) is 238 cm³/mol. The highest BCUT2D eigenvalue weighted by atomic mass is 32.3. The molecule has 0 radical (unpaired) electrons. The second kappa shape index (κ2) is 22.8. The van der Waals surface area contributed by atoms with Crippen molar-refractivity contribution in [1.29, 1.82) is 0 Å². The minimum atomic E-state index is -4.23. The van der Waals surface area contributed by atoms with Crippen molar-refractivity contribution in [3.63, 3.8) is 0 Å². The van der Waals surface area contributed by atoms with E-state index in [1.54, 1.807) is 16.4 Å². The van der Waals surface area contributed by atoms with Gasteiger partial charge in [-0.25, -0.2) is 31.3 Å². The van der Waals surface area contributed by atoms with Crippen molar-refractivity contribution < 1.29 is 34.8 Å². The van der Waals surface area contributed by atoms with Crippen LogP contribution in [0, 0.1) is 25.6 Å². The predicted octanol–water partition coefficient (Wildman–Crippen LogP) is 7.91. The Hall–Kier alpha value is -2.60. The lowest BCUT2D eigenvalue weighted by Gasteiger charge is -2.54. The lowest BCUT2D eigenvalue weighted by atomic mass is 9.82. The SMILES string of the molecule is CCCCCCCCCCCCOS(=O)(=O)O.Cc1ncnc(C)c1C(=O)N1CCC(C)(N2CCN([C@H](c3cccc(F)c3)C3CCN(S(=O)(=O)C4CC4)CC3)[C@H](C)C2)CC1. The van der Waals surface area contributed by atoms with E-state index in [9.17, 15) is 26.0 Å². The second-order valence-electron chi connectivity index (χ2n) is 18.2. The molecule has 1 amide bonds. The van der Waals surface area contributed by atoms with Crippen molar-refractivity contribution in [2.75, 3.05) is 52.4 Å². The van der Waals surface area contributed by atoms with Crippen LogP contribution in [0.3, 0.4) is 0 Å². The van der Waals surface area contributed by atoms with Gasteiger partial charge in [0.1, 0.15) is 12.1 Å². The van der Waals surface area contributed by atoms with E-state index in [-0.39, 0.29) is 47.1 Å². The summed E-state index contributed by atoms with van der Waals surface area (Å²) in [5, 5.41) is -0.182. The number of piperazine rings is 1. The van der Waals surface area contributed by atoms with Crippen molar-refractivity contribution in [3.8, 4) is 0 Å². The quantitative estimate of drug-likeness (QED) is 0.108. The Morgan fingerprint density at radius 3 is 2.00 bits per heavy atom. The van der Waals surface area contributed by atoms with Gasteiger partial charge in [0.2, 0.25) is 10.0 Å². The molecule has 1 aromatic heterocycles. The summed E-state index contributed by atoms with van der Waals surface area (Å²) in [4.78, 5) is 29.0. The van der Waals surface area contributed by atoms with E-state index in [1.807, 2.05) is 24.8 Å². The van der Waals surface area contributed by atoms with Crippen LogP contribution in [0.5, 0.6) is 0 Å². The van der Waals surface area contributed by atoms with Gasteiger partial charge in [-0.05, 0) is 96.3 Å². The van der Waals surface area contributed by atoms with Gasteiger partial charge in [-0.3, -0.25) is 19.1 Å². The number of carbonyl (C=O) groups excluding carboxylic acids is 1. The molecule has 1 aliphatic carbocycles. The molecule has 4 fully saturated rings. The molecule has 3 saturated heterocycles. The van der Waals surface area contributed by atoms with E-state index in [4.69, 9.17) is 4.55 Å². The Kier molecular flexibility index (Phi) is 18.5. The third kappa shape index (κ3) is 14.2. The standard InChI is InChI=1S/C33H47FN6O3S.C12H26O4S/c1-23-21-38(33(4)12-16-37(17-13-33)32(41)30-24(2)35-22-36-25(30)3)18-19-40(23)31(27-6-5-7-28(34)20-27)26-10-14-39(15-11-26)44(42,43)29-8-9-29;1-2-3-4-5-6-7-8-9-10-11-12-16-17(13,14)15/h5-7,20,22-23,26,29,31H,8-19,21H2,1-4H3;2-12H2,1H3,(H,13,14,15)/t23-,31+;/m1./s1. The molecule has 0 unspecified atom stereocenters. The van der Waals surface area contributed by atoms with Crippen LogP contribution in [0.25, 0.3) is 0 Å². The van der Waals surface area contributed by atoms with Gasteiger partial charge in [0.15, 0.2) is 0 Å². The Morgan fingerprint density at radius 2 is 1.46 bits per heavy atom. The van der Waals surface area contributed by atoms with Crippen LogP contribution in [-0.2, 0) is 24.6 Å². The number of unbranched alkanes of at least 4 members (excludes halogenated alkanes) is 9. The molecule has 344 valence electrons. The zero-order valence-corrected chi connectivity index (χ0v) is 39.1. The van der Waals surface area contributed by atoms with Crippen molar-refractivity contribution >= 4 is 26.3 Å². The lowest BCUT2D eigenvalue weighted by Crippen LogP contribution is -2.63. The molecular weight excluding hydrogens is 820 g/mol. The summed E-state index contributed by atoms with van der Waals surface area (Å²) in [6, 6.07) is 7.29. The van der Waals surface area contributed by atoms with Crippen LogP contribution < -0.4 is 0 Å². The maximum Gasteiger partial charge on any atom is 0.397 e. The smallest absolute Gasteiger partial charge is 0.338 e. The van der Waals surface area contributed by atoms with E-state index >= 15 is 0 Å². The Morgan fingerprint density at radius 1 is 0.869 bits per heavy atom. The molecule has 3 aliphatic heterocycles. The molecule has 1 N–H and O–H groups in total. The summed E-state index contributed by atoms with van der Waals surface area (Å²) in [7, 11) is -7.41. The number of benzene rings is 1. The van der Waals surface area contributed by atoms with Gasteiger partial charge in [0.25, 0.3) is 5.91 Å². The summed E-state index contributed by atoms with van der Waals surface area (Å²) < 4.78 is 75.0. The van der Waals surface area contributed by atoms with Gasteiger partial charge in [-0.1, -0.05) is 76.8 Å². The minimum absolute atomic E-state index is 0.00866. The largest absolute Gasteiger partial charge is 0.397 e. The molecule has 1 aromatic carbocycles. The number of rotatable bonds is 19. The summed E-state index contributed by atoms with van der Waals surface area (Å²) in [6.07, 6.45) is 18.3. The first-order valence-electron chi connectivity index (χ1n) is 23.0. The van der Waals surface area contributed by atoms with Crippen LogP contribution in [0.1, 0.15) is 157 Å². The van der Waals surface area contributed by atoms with E-state index in [0.29, 0.717) is 38.2 Å². The number of hydrogen-bond donors (Lipinski definition) is 1. The Bertz CT molecular complexity index is 1900. The fourth-order valence-corrected chi connectivity index (χ4v) is 11.8. The summed E-state index contributed by atoms with van der Waals surface area (Å²) in [6.45, 7) is 15.8.